The fraction of sp³-hybridized carbons (Fsp3) is 0.345. The van der Waals surface area contributed by atoms with E-state index in [1.54, 1.807) is 42.5 Å². The quantitative estimate of drug-likeness (QED) is 0.452. The van der Waals surface area contributed by atoms with E-state index in [-0.39, 0.29) is 5.92 Å². The zero-order chi connectivity index (χ0) is 25.9. The monoisotopic (exact) mass is 486 g/mol. The summed E-state index contributed by atoms with van der Waals surface area (Å²) in [5.41, 5.74) is 2.73. The summed E-state index contributed by atoms with van der Waals surface area (Å²) < 4.78 is 11.4. The molecule has 1 aliphatic rings. The zero-order valence-electron chi connectivity index (χ0n) is 20.7. The van der Waals surface area contributed by atoms with Crippen molar-refractivity contribution in [2.45, 2.75) is 57.7 Å². The van der Waals surface area contributed by atoms with E-state index >= 15 is 0 Å². The number of aryl methyl sites for hydroxylation is 1. The number of carbonyl (C=O) groups is 2. The lowest BCUT2D eigenvalue weighted by atomic mass is 9.82. The van der Waals surface area contributed by atoms with Gasteiger partial charge in [-0.3, -0.25) is 0 Å². The van der Waals surface area contributed by atoms with Gasteiger partial charge in [0.15, 0.2) is 0 Å². The molecule has 2 atom stereocenters. The number of fused-ring (bicyclic) bond motifs is 2. The Morgan fingerprint density at radius 3 is 2.58 bits per heavy atom. The summed E-state index contributed by atoms with van der Waals surface area (Å²) >= 11 is 0. The lowest BCUT2D eigenvalue weighted by molar-refractivity contribution is -0.145. The molecular weight excluding hydrogens is 456 g/mol. The number of nitrogens with zero attached hydrogens (tertiary/aromatic N) is 1. The maximum atomic E-state index is 12.2. The molecule has 3 aromatic rings. The number of ether oxygens (including phenoxy) is 2. The van der Waals surface area contributed by atoms with Gasteiger partial charge in [0.2, 0.25) is 6.10 Å². The second-order valence-electron chi connectivity index (χ2n) is 10.1. The fourth-order valence-corrected chi connectivity index (χ4v) is 4.58. The normalized spacial score (nSPS) is 15.9. The van der Waals surface area contributed by atoms with Crippen LogP contribution in [-0.2, 0) is 16.0 Å². The van der Waals surface area contributed by atoms with Gasteiger partial charge in [-0.25, -0.2) is 9.59 Å². The minimum Gasteiger partial charge on any atom is -0.478 e. The van der Waals surface area contributed by atoms with Gasteiger partial charge in [-0.05, 0) is 92.3 Å². The average Bonchev–Trinajstić information content (AvgIpc) is 2.84. The lowest BCUT2D eigenvalue weighted by Crippen LogP contribution is -2.35. The first-order valence-corrected chi connectivity index (χ1v) is 12.1. The average molecular weight is 487 g/mol. The summed E-state index contributed by atoms with van der Waals surface area (Å²) in [6.45, 7) is 5.90. The molecule has 7 nitrogen and oxygen atoms in total. The molecule has 0 heterocycles. The molecule has 0 spiro atoms. The number of benzene rings is 3. The van der Waals surface area contributed by atoms with Crippen LogP contribution in [0, 0.1) is 11.3 Å². The first-order chi connectivity index (χ1) is 17.1. The Morgan fingerprint density at radius 2 is 1.86 bits per heavy atom. The summed E-state index contributed by atoms with van der Waals surface area (Å²) in [4.78, 5) is 24.3. The first-order valence-electron chi connectivity index (χ1n) is 12.1. The van der Waals surface area contributed by atoms with Crippen LogP contribution < -0.4 is 10.1 Å². The molecule has 36 heavy (non-hydrogen) atoms. The number of nitriles is 1. The van der Waals surface area contributed by atoms with Crippen LogP contribution in [-0.4, -0.2) is 29.3 Å². The molecule has 7 heteroatoms. The summed E-state index contributed by atoms with van der Waals surface area (Å²) in [6, 6.07) is 18.4. The Labute approximate surface area is 210 Å². The van der Waals surface area contributed by atoms with Crippen molar-refractivity contribution in [3.05, 3.63) is 76.9 Å². The molecule has 0 aromatic heterocycles. The van der Waals surface area contributed by atoms with Crippen molar-refractivity contribution < 1.29 is 24.2 Å². The molecule has 3 aromatic carbocycles. The van der Waals surface area contributed by atoms with Crippen molar-refractivity contribution in [3.8, 4) is 11.8 Å². The topological polar surface area (TPSA) is 109 Å². The summed E-state index contributed by atoms with van der Waals surface area (Å²) in [7, 11) is 0. The van der Waals surface area contributed by atoms with E-state index in [1.165, 1.54) is 5.56 Å². The van der Waals surface area contributed by atoms with Crippen molar-refractivity contribution in [2.24, 2.45) is 0 Å². The van der Waals surface area contributed by atoms with Gasteiger partial charge in [-0.15, -0.1) is 0 Å². The van der Waals surface area contributed by atoms with E-state index in [0.29, 0.717) is 23.4 Å². The van der Waals surface area contributed by atoms with Gasteiger partial charge >= 0.3 is 12.1 Å². The maximum Gasteiger partial charge on any atom is 0.407 e. The van der Waals surface area contributed by atoms with Crippen molar-refractivity contribution in [1.29, 1.82) is 5.26 Å². The Balaban J connectivity index is 1.54. The van der Waals surface area contributed by atoms with Crippen LogP contribution in [0.1, 0.15) is 67.9 Å². The van der Waals surface area contributed by atoms with Crippen LogP contribution in [0.15, 0.2) is 54.6 Å². The van der Waals surface area contributed by atoms with Crippen LogP contribution in [0.5, 0.6) is 5.75 Å². The maximum absolute atomic E-state index is 12.2. The van der Waals surface area contributed by atoms with Gasteiger partial charge in [0, 0.05) is 18.0 Å². The molecule has 0 saturated carbocycles. The van der Waals surface area contributed by atoms with Gasteiger partial charge in [0.25, 0.3) is 0 Å². The van der Waals surface area contributed by atoms with Gasteiger partial charge < -0.3 is 19.9 Å². The molecule has 0 radical (unpaired) electrons. The number of nitrogens with one attached hydrogen (secondary N) is 1. The zero-order valence-corrected chi connectivity index (χ0v) is 20.7. The van der Waals surface area contributed by atoms with Gasteiger partial charge in [0.05, 0.1) is 11.6 Å². The second kappa shape index (κ2) is 10.3. The van der Waals surface area contributed by atoms with Crippen LogP contribution in [0.3, 0.4) is 0 Å². The molecule has 2 unspecified atom stereocenters. The lowest BCUT2D eigenvalue weighted by Gasteiger charge is -2.27. The van der Waals surface area contributed by atoms with E-state index in [1.807, 2.05) is 32.9 Å². The molecule has 1 aliphatic carbocycles. The molecule has 0 saturated heterocycles. The van der Waals surface area contributed by atoms with Crippen molar-refractivity contribution >= 4 is 22.8 Å². The molecular formula is C29H30N2O5. The van der Waals surface area contributed by atoms with Crippen LogP contribution in [0.25, 0.3) is 10.8 Å². The summed E-state index contributed by atoms with van der Waals surface area (Å²) in [5.74, 6) is -0.544. The number of alkyl carbamates (subject to hydrolysis) is 1. The first kappa shape index (κ1) is 25.1. The molecule has 186 valence electrons. The largest absolute Gasteiger partial charge is 0.478 e. The SMILES string of the molecule is CC(C)(C)OC(=O)NCC1CCCc2ccc(OC(C(=O)O)c3ccc4cc(C#N)ccc4c3)cc21. The second-order valence-corrected chi connectivity index (χ2v) is 10.1. The number of amides is 1. The molecule has 2 N–H and O–H groups in total. The van der Waals surface area contributed by atoms with Crippen molar-refractivity contribution in [1.82, 2.24) is 5.32 Å². The number of carboxylic acids is 1. The predicted molar refractivity (Wildman–Crippen MR) is 136 cm³/mol. The van der Waals surface area contributed by atoms with Gasteiger partial charge in [0.1, 0.15) is 11.4 Å². The number of hydrogen-bond donors (Lipinski definition) is 2. The minimum atomic E-state index is -1.19. The molecule has 0 fully saturated rings. The van der Waals surface area contributed by atoms with Crippen molar-refractivity contribution in [2.75, 3.05) is 6.54 Å². The number of aliphatic carboxylic acids is 1. The van der Waals surface area contributed by atoms with E-state index in [2.05, 4.69) is 11.4 Å². The van der Waals surface area contributed by atoms with Gasteiger partial charge in [-0.2, -0.15) is 5.26 Å². The highest BCUT2D eigenvalue weighted by molar-refractivity contribution is 5.86. The minimum absolute atomic E-state index is 0.0862. The third kappa shape index (κ3) is 5.95. The smallest absolute Gasteiger partial charge is 0.407 e. The molecule has 0 bridgehead atoms. The fourth-order valence-electron chi connectivity index (χ4n) is 4.58. The van der Waals surface area contributed by atoms with Crippen LogP contribution in [0.2, 0.25) is 0 Å². The number of rotatable bonds is 6. The van der Waals surface area contributed by atoms with Crippen molar-refractivity contribution in [3.63, 3.8) is 0 Å². The summed E-state index contributed by atoms with van der Waals surface area (Å²) in [6.07, 6.45) is 1.20. The number of hydrogen-bond acceptors (Lipinski definition) is 5. The van der Waals surface area contributed by atoms with E-state index in [0.717, 1.165) is 35.6 Å². The predicted octanol–water partition coefficient (Wildman–Crippen LogP) is 5.86. The Bertz CT molecular complexity index is 1340. The molecule has 0 aliphatic heterocycles. The molecule has 4 rings (SSSR count). The Morgan fingerprint density at radius 1 is 1.11 bits per heavy atom. The third-order valence-electron chi connectivity index (χ3n) is 6.22. The summed E-state index contributed by atoms with van der Waals surface area (Å²) in [5, 5.41) is 23.6. The third-order valence-corrected chi connectivity index (χ3v) is 6.22. The highest BCUT2D eigenvalue weighted by Crippen LogP contribution is 2.35. The Hall–Kier alpha value is -4.05. The van der Waals surface area contributed by atoms with E-state index in [4.69, 9.17) is 14.7 Å². The highest BCUT2D eigenvalue weighted by atomic mass is 16.6. The van der Waals surface area contributed by atoms with E-state index in [9.17, 15) is 14.7 Å². The number of carbonyl (C=O) groups excluding carboxylic acids is 1. The van der Waals surface area contributed by atoms with E-state index < -0.39 is 23.8 Å². The molecule has 1 amide bonds. The van der Waals surface area contributed by atoms with Crippen LogP contribution in [0.4, 0.5) is 4.79 Å². The Kier molecular flexibility index (Phi) is 7.16. The van der Waals surface area contributed by atoms with Crippen LogP contribution >= 0.6 is 0 Å². The standard InChI is InChI=1S/C29H30N2O5/c1-29(2,3)36-28(34)31-17-23-6-4-5-19-11-12-24(15-25(19)23)35-26(27(32)33)22-10-9-20-13-18(16-30)7-8-21(20)14-22/h7-15,23,26H,4-6,17H2,1-3H3,(H,31,34)(H,32,33). The highest BCUT2D eigenvalue weighted by Gasteiger charge is 2.26. The van der Waals surface area contributed by atoms with Gasteiger partial charge in [-0.1, -0.05) is 24.3 Å². The number of carboxylic acid groups (broad SMARTS) is 1.